The van der Waals surface area contributed by atoms with Gasteiger partial charge in [-0.25, -0.2) is 4.98 Å². The van der Waals surface area contributed by atoms with E-state index in [-0.39, 0.29) is 0 Å². The third-order valence-electron chi connectivity index (χ3n) is 2.41. The normalized spacial score (nSPS) is 10.9. The van der Waals surface area contributed by atoms with Crippen molar-refractivity contribution < 1.29 is 0 Å². The van der Waals surface area contributed by atoms with Gasteiger partial charge in [0.2, 0.25) is 0 Å². The predicted molar refractivity (Wildman–Crippen MR) is 50.3 cm³/mol. The summed E-state index contributed by atoms with van der Waals surface area (Å²) in [5.74, 6) is 0. The van der Waals surface area contributed by atoms with E-state index in [4.69, 9.17) is 0 Å². The van der Waals surface area contributed by atoms with E-state index >= 15 is 0 Å². The van der Waals surface area contributed by atoms with Crippen molar-refractivity contribution in [3.63, 3.8) is 0 Å². The van der Waals surface area contributed by atoms with Crippen molar-refractivity contribution in [1.82, 2.24) is 9.97 Å². The molecule has 0 amide bonds. The third-order valence-corrected chi connectivity index (χ3v) is 2.41. The Morgan fingerprint density at radius 1 is 1.17 bits per heavy atom. The van der Waals surface area contributed by atoms with Crippen LogP contribution in [0.15, 0.2) is 12.4 Å². The van der Waals surface area contributed by atoms with Crippen LogP contribution in [0.2, 0.25) is 0 Å². The maximum Gasteiger partial charge on any atom is 0.0932 e. The Morgan fingerprint density at radius 3 is 2.67 bits per heavy atom. The lowest BCUT2D eigenvalue weighted by atomic mass is 10.0. The maximum absolute atomic E-state index is 4.26. The Hall–Kier alpha value is -1.31. The van der Waals surface area contributed by atoms with Gasteiger partial charge in [0.05, 0.1) is 17.4 Å². The molecule has 0 unspecified atom stereocenters. The van der Waals surface area contributed by atoms with Gasteiger partial charge in [-0.1, -0.05) is 6.07 Å². The number of imidazole rings is 1. The highest BCUT2D eigenvalue weighted by Gasteiger charge is 2.04. The summed E-state index contributed by atoms with van der Waals surface area (Å²) in [6, 6.07) is 2.18. The van der Waals surface area contributed by atoms with Gasteiger partial charge in [-0.3, -0.25) is 0 Å². The molecule has 2 nitrogen and oxygen atoms in total. The highest BCUT2D eigenvalue weighted by molar-refractivity contribution is 5.82. The molecule has 0 bridgehead atoms. The number of aryl methyl sites for hydroxylation is 3. The summed E-state index contributed by atoms with van der Waals surface area (Å²) in [5, 5.41) is 0. The van der Waals surface area contributed by atoms with E-state index in [2.05, 4.69) is 36.8 Å². The molecule has 0 spiro atoms. The average Bonchev–Trinajstić information content (AvgIpc) is 2.48. The molecule has 0 aliphatic rings. The molecule has 2 rings (SSSR count). The van der Waals surface area contributed by atoms with E-state index in [1.807, 2.05) is 0 Å². The summed E-state index contributed by atoms with van der Waals surface area (Å²) in [5.41, 5.74) is 6.14. The van der Waals surface area contributed by atoms with E-state index < -0.39 is 0 Å². The largest absolute Gasteiger partial charge is 0.344 e. The minimum Gasteiger partial charge on any atom is -0.344 e. The first-order valence-electron chi connectivity index (χ1n) is 4.10. The predicted octanol–water partition coefficient (Wildman–Crippen LogP) is 2.49. The monoisotopic (exact) mass is 160 g/mol. The second-order valence-corrected chi connectivity index (χ2v) is 3.26. The van der Waals surface area contributed by atoms with Crippen LogP contribution in [-0.4, -0.2) is 9.97 Å². The second kappa shape index (κ2) is 2.34. The molecular formula is C10H12N2. The third kappa shape index (κ3) is 0.843. The summed E-state index contributed by atoms with van der Waals surface area (Å²) in [7, 11) is 0. The van der Waals surface area contributed by atoms with Crippen LogP contribution in [0.5, 0.6) is 0 Å². The number of nitrogens with zero attached hydrogens (tertiary/aromatic N) is 1. The molecule has 1 N–H and O–H groups in total. The molecule has 0 atom stereocenters. The van der Waals surface area contributed by atoms with Crippen molar-refractivity contribution in [1.29, 1.82) is 0 Å². The number of aromatic nitrogens is 2. The fraction of sp³-hybridized carbons (Fsp3) is 0.300. The van der Waals surface area contributed by atoms with Crippen molar-refractivity contribution in [2.75, 3.05) is 0 Å². The van der Waals surface area contributed by atoms with E-state index in [0.717, 1.165) is 5.52 Å². The number of rotatable bonds is 0. The van der Waals surface area contributed by atoms with Crippen molar-refractivity contribution in [3.05, 3.63) is 29.1 Å². The lowest BCUT2D eigenvalue weighted by Crippen LogP contribution is -1.86. The molecule has 62 valence electrons. The van der Waals surface area contributed by atoms with Crippen LogP contribution in [-0.2, 0) is 0 Å². The summed E-state index contributed by atoms with van der Waals surface area (Å²) >= 11 is 0. The zero-order valence-corrected chi connectivity index (χ0v) is 7.60. The molecule has 12 heavy (non-hydrogen) atoms. The molecule has 1 heterocycles. The number of fused-ring (bicyclic) bond motifs is 1. The first-order chi connectivity index (χ1) is 5.70. The highest BCUT2D eigenvalue weighted by atomic mass is 14.9. The number of benzene rings is 1. The standard InChI is InChI=1S/C10H12N2/c1-6-4-7(2)9-10(8(6)3)12-5-11-9/h4-5H,1-3H3,(H,11,12). The van der Waals surface area contributed by atoms with E-state index in [9.17, 15) is 0 Å². The van der Waals surface area contributed by atoms with Gasteiger partial charge in [0.25, 0.3) is 0 Å². The van der Waals surface area contributed by atoms with Gasteiger partial charge in [0.15, 0.2) is 0 Å². The van der Waals surface area contributed by atoms with Crippen LogP contribution >= 0.6 is 0 Å². The SMILES string of the molecule is Cc1cc(C)c2nc[nH]c2c1C. The molecule has 0 radical (unpaired) electrons. The number of H-pyrrole nitrogens is 1. The second-order valence-electron chi connectivity index (χ2n) is 3.26. The molecule has 1 aromatic heterocycles. The van der Waals surface area contributed by atoms with Crippen LogP contribution in [0.4, 0.5) is 0 Å². The Labute approximate surface area is 71.6 Å². The zero-order chi connectivity index (χ0) is 8.72. The Kier molecular flexibility index (Phi) is 1.43. The van der Waals surface area contributed by atoms with Gasteiger partial charge in [-0.2, -0.15) is 0 Å². The van der Waals surface area contributed by atoms with Gasteiger partial charge in [0.1, 0.15) is 0 Å². The van der Waals surface area contributed by atoms with Crippen LogP contribution in [0, 0.1) is 20.8 Å². The minimum atomic E-state index is 1.10. The summed E-state index contributed by atoms with van der Waals surface area (Å²) in [4.78, 5) is 7.42. The first-order valence-corrected chi connectivity index (χ1v) is 4.10. The Balaban J connectivity index is 2.97. The molecule has 2 heteroatoms. The zero-order valence-electron chi connectivity index (χ0n) is 7.60. The molecule has 0 saturated heterocycles. The van der Waals surface area contributed by atoms with Gasteiger partial charge in [-0.05, 0) is 37.5 Å². The van der Waals surface area contributed by atoms with Gasteiger partial charge >= 0.3 is 0 Å². The molecule has 0 aliphatic heterocycles. The van der Waals surface area contributed by atoms with Crippen molar-refractivity contribution in [2.45, 2.75) is 20.8 Å². The van der Waals surface area contributed by atoms with Crippen molar-refractivity contribution in [2.24, 2.45) is 0 Å². The van der Waals surface area contributed by atoms with Crippen LogP contribution < -0.4 is 0 Å². The summed E-state index contributed by atoms with van der Waals surface area (Å²) < 4.78 is 0. The smallest absolute Gasteiger partial charge is 0.0932 e. The van der Waals surface area contributed by atoms with E-state index in [1.54, 1.807) is 6.33 Å². The fourth-order valence-electron chi connectivity index (χ4n) is 1.58. The van der Waals surface area contributed by atoms with Gasteiger partial charge in [0, 0.05) is 0 Å². The lowest BCUT2D eigenvalue weighted by molar-refractivity contribution is 1.32. The summed E-state index contributed by atoms with van der Waals surface area (Å²) in [6.07, 6.45) is 1.75. The maximum atomic E-state index is 4.26. The lowest BCUT2D eigenvalue weighted by Gasteiger charge is -2.02. The van der Waals surface area contributed by atoms with E-state index in [0.29, 0.717) is 0 Å². The summed E-state index contributed by atoms with van der Waals surface area (Å²) in [6.45, 7) is 6.34. The molecular weight excluding hydrogens is 148 g/mol. The highest BCUT2D eigenvalue weighted by Crippen LogP contribution is 2.21. The molecule has 0 fully saturated rings. The Bertz CT molecular complexity index is 427. The van der Waals surface area contributed by atoms with Crippen molar-refractivity contribution >= 4 is 11.0 Å². The first kappa shape index (κ1) is 7.35. The number of hydrogen-bond acceptors (Lipinski definition) is 1. The van der Waals surface area contributed by atoms with Crippen LogP contribution in [0.1, 0.15) is 16.7 Å². The number of nitrogens with one attached hydrogen (secondary N) is 1. The topological polar surface area (TPSA) is 28.7 Å². The van der Waals surface area contributed by atoms with Crippen LogP contribution in [0.3, 0.4) is 0 Å². The quantitative estimate of drug-likeness (QED) is 0.630. The number of hydrogen-bond donors (Lipinski definition) is 1. The molecule has 2 aromatic rings. The van der Waals surface area contributed by atoms with Crippen LogP contribution in [0.25, 0.3) is 11.0 Å². The van der Waals surface area contributed by atoms with Crippen molar-refractivity contribution in [3.8, 4) is 0 Å². The molecule has 1 aromatic carbocycles. The molecule has 0 aliphatic carbocycles. The van der Waals surface area contributed by atoms with Gasteiger partial charge in [-0.15, -0.1) is 0 Å². The fourth-order valence-corrected chi connectivity index (χ4v) is 1.58. The Morgan fingerprint density at radius 2 is 1.92 bits per heavy atom. The molecule has 0 saturated carbocycles. The number of aromatic amines is 1. The average molecular weight is 160 g/mol. The minimum absolute atomic E-state index is 1.10. The van der Waals surface area contributed by atoms with E-state index in [1.165, 1.54) is 22.2 Å². The van der Waals surface area contributed by atoms with Gasteiger partial charge < -0.3 is 4.98 Å².